The van der Waals surface area contributed by atoms with E-state index in [-0.39, 0.29) is 6.09 Å². The molecule has 5 aliphatic rings. The van der Waals surface area contributed by atoms with E-state index in [9.17, 15) is 9.59 Å². The Hall–Kier alpha value is -1.30. The van der Waals surface area contributed by atoms with Crippen molar-refractivity contribution in [2.75, 3.05) is 39.3 Å². The maximum absolute atomic E-state index is 12.8. The van der Waals surface area contributed by atoms with Crippen LogP contribution in [0.1, 0.15) is 71.1 Å². The summed E-state index contributed by atoms with van der Waals surface area (Å²) in [4.78, 5) is 31.8. The van der Waals surface area contributed by atoms with Crippen molar-refractivity contribution in [1.29, 1.82) is 0 Å². The van der Waals surface area contributed by atoms with E-state index >= 15 is 0 Å². The predicted octanol–water partition coefficient (Wildman–Crippen LogP) is 3.50. The zero-order valence-corrected chi connectivity index (χ0v) is 18.7. The van der Waals surface area contributed by atoms with E-state index < -0.39 is 0 Å². The van der Waals surface area contributed by atoms with Gasteiger partial charge in [0.15, 0.2) is 0 Å². The monoisotopic (exact) mass is 417 g/mol. The first-order valence-corrected chi connectivity index (χ1v) is 12.5. The molecule has 5 fully saturated rings. The highest BCUT2D eigenvalue weighted by Crippen LogP contribution is 2.51. The lowest BCUT2D eigenvalue weighted by atomic mass is 9.64. The smallest absolute Gasteiger partial charge is 0.409 e. The molecule has 2 amide bonds. The molecule has 168 valence electrons. The molecule has 3 saturated heterocycles. The number of piperidine rings is 1. The van der Waals surface area contributed by atoms with Crippen LogP contribution < -0.4 is 0 Å². The summed E-state index contributed by atoms with van der Waals surface area (Å²) >= 11 is 0. The second-order valence-corrected chi connectivity index (χ2v) is 10.7. The molecule has 0 bridgehead atoms. The zero-order chi connectivity index (χ0) is 20.7. The Kier molecular flexibility index (Phi) is 5.72. The van der Waals surface area contributed by atoms with Crippen LogP contribution in [-0.2, 0) is 9.53 Å². The molecular weight excluding hydrogens is 378 g/mol. The molecule has 1 spiro atoms. The van der Waals surface area contributed by atoms with Crippen molar-refractivity contribution in [2.24, 2.45) is 17.3 Å². The summed E-state index contributed by atoms with van der Waals surface area (Å²) in [5.74, 6) is 1.52. The average molecular weight is 418 g/mol. The van der Waals surface area contributed by atoms with Crippen LogP contribution in [0.25, 0.3) is 0 Å². The van der Waals surface area contributed by atoms with Gasteiger partial charge in [0.25, 0.3) is 0 Å². The molecule has 0 radical (unpaired) electrons. The van der Waals surface area contributed by atoms with Crippen molar-refractivity contribution in [2.45, 2.75) is 83.2 Å². The molecule has 2 aliphatic carbocycles. The van der Waals surface area contributed by atoms with Crippen molar-refractivity contribution in [3.8, 4) is 0 Å². The average Bonchev–Trinajstić information content (AvgIpc) is 3.33. The molecule has 0 aromatic rings. The summed E-state index contributed by atoms with van der Waals surface area (Å²) in [5, 5.41) is 0. The first-order valence-electron chi connectivity index (χ1n) is 12.5. The molecule has 30 heavy (non-hydrogen) atoms. The number of likely N-dealkylation sites (tertiary alicyclic amines) is 3. The Morgan fingerprint density at radius 2 is 1.73 bits per heavy atom. The van der Waals surface area contributed by atoms with Crippen molar-refractivity contribution in [1.82, 2.24) is 14.7 Å². The molecule has 6 heteroatoms. The van der Waals surface area contributed by atoms with Crippen LogP contribution in [0.15, 0.2) is 0 Å². The Balaban J connectivity index is 1.08. The predicted molar refractivity (Wildman–Crippen MR) is 115 cm³/mol. The van der Waals surface area contributed by atoms with Crippen molar-refractivity contribution >= 4 is 12.0 Å². The number of carbonyl (C=O) groups excluding carboxylic acids is 2. The molecule has 5 rings (SSSR count). The minimum Gasteiger partial charge on any atom is -0.450 e. The van der Waals surface area contributed by atoms with E-state index in [0.717, 1.165) is 38.9 Å². The number of nitrogens with zero attached hydrogens (tertiary/aromatic N) is 3. The van der Waals surface area contributed by atoms with Crippen LogP contribution >= 0.6 is 0 Å². The highest BCUT2D eigenvalue weighted by Gasteiger charge is 2.52. The van der Waals surface area contributed by atoms with Crippen LogP contribution in [0.4, 0.5) is 4.79 Å². The summed E-state index contributed by atoms with van der Waals surface area (Å²) < 4.78 is 5.19. The Morgan fingerprint density at radius 1 is 0.967 bits per heavy atom. The number of hydrogen-bond acceptors (Lipinski definition) is 4. The van der Waals surface area contributed by atoms with Crippen LogP contribution in [-0.4, -0.2) is 78.1 Å². The summed E-state index contributed by atoms with van der Waals surface area (Å²) in [5.41, 5.74) is 0.353. The van der Waals surface area contributed by atoms with Gasteiger partial charge in [-0.25, -0.2) is 4.79 Å². The third-order valence-electron chi connectivity index (χ3n) is 8.97. The summed E-state index contributed by atoms with van der Waals surface area (Å²) in [6.45, 7) is 7.47. The second kappa shape index (κ2) is 8.33. The normalized spacial score (nSPS) is 35.5. The third kappa shape index (κ3) is 3.74. The van der Waals surface area contributed by atoms with Crippen molar-refractivity contribution in [3.05, 3.63) is 0 Å². The minimum atomic E-state index is -0.129. The molecular formula is C24H39N3O3. The highest BCUT2D eigenvalue weighted by atomic mass is 16.6. The SMILES string of the molecule is CCOC(=O)N1CCC2(CC(N3CCC([C@@H]4CCCN4C(=O)C4CCC4)CC3)C2)C1. The van der Waals surface area contributed by atoms with Gasteiger partial charge in [0, 0.05) is 37.6 Å². The first-order chi connectivity index (χ1) is 14.6. The largest absolute Gasteiger partial charge is 0.450 e. The van der Waals surface area contributed by atoms with Gasteiger partial charge in [-0.1, -0.05) is 6.42 Å². The van der Waals surface area contributed by atoms with E-state index in [4.69, 9.17) is 4.74 Å². The van der Waals surface area contributed by atoms with E-state index in [1.54, 1.807) is 0 Å². The summed E-state index contributed by atoms with van der Waals surface area (Å²) in [6.07, 6.45) is 11.9. The molecule has 3 aliphatic heterocycles. The third-order valence-corrected chi connectivity index (χ3v) is 8.97. The molecule has 2 saturated carbocycles. The van der Waals surface area contributed by atoms with Gasteiger partial charge in [0.1, 0.15) is 0 Å². The molecule has 0 unspecified atom stereocenters. The van der Waals surface area contributed by atoms with Crippen molar-refractivity contribution < 1.29 is 14.3 Å². The number of hydrogen-bond donors (Lipinski definition) is 0. The lowest BCUT2D eigenvalue weighted by molar-refractivity contribution is -0.140. The fraction of sp³-hybridized carbons (Fsp3) is 0.917. The van der Waals surface area contributed by atoms with Crippen LogP contribution in [0.3, 0.4) is 0 Å². The first kappa shape index (κ1) is 20.6. The summed E-state index contributed by atoms with van der Waals surface area (Å²) in [6, 6.07) is 1.21. The lowest BCUT2D eigenvalue weighted by Gasteiger charge is -2.52. The standard InChI is InChI=1S/C24H39N3O3/c1-2-30-23(29)26-14-10-24(17-26)15-20(16-24)25-12-8-18(9-13-25)21-7-4-11-27(21)22(28)19-5-3-6-19/h18-21H,2-17H2,1H3/t20?,21-,24?/m0/s1. The van der Waals surface area contributed by atoms with E-state index in [1.807, 2.05) is 11.8 Å². The quantitative estimate of drug-likeness (QED) is 0.703. The van der Waals surface area contributed by atoms with Gasteiger partial charge in [-0.05, 0) is 89.1 Å². The van der Waals surface area contributed by atoms with Gasteiger partial charge in [0.05, 0.1) is 6.61 Å². The van der Waals surface area contributed by atoms with Gasteiger partial charge in [0.2, 0.25) is 5.91 Å². The van der Waals surface area contributed by atoms with Gasteiger partial charge in [-0.15, -0.1) is 0 Å². The second-order valence-electron chi connectivity index (χ2n) is 10.7. The van der Waals surface area contributed by atoms with Gasteiger partial charge >= 0.3 is 6.09 Å². The number of amides is 2. The molecule has 6 nitrogen and oxygen atoms in total. The van der Waals surface area contributed by atoms with E-state index in [2.05, 4.69) is 9.80 Å². The molecule has 0 aromatic carbocycles. The van der Waals surface area contributed by atoms with Crippen LogP contribution in [0, 0.1) is 17.3 Å². The number of ether oxygens (including phenoxy) is 1. The number of carbonyl (C=O) groups is 2. The minimum absolute atomic E-state index is 0.129. The van der Waals surface area contributed by atoms with Crippen LogP contribution in [0.2, 0.25) is 0 Å². The Labute approximate surface area is 181 Å². The van der Waals surface area contributed by atoms with E-state index in [1.165, 1.54) is 58.0 Å². The van der Waals surface area contributed by atoms with Gasteiger partial charge in [-0.3, -0.25) is 4.79 Å². The fourth-order valence-corrected chi connectivity index (χ4v) is 6.95. The van der Waals surface area contributed by atoms with Crippen LogP contribution in [0.5, 0.6) is 0 Å². The lowest BCUT2D eigenvalue weighted by Crippen LogP contribution is -2.55. The highest BCUT2D eigenvalue weighted by molar-refractivity contribution is 5.80. The molecule has 1 atom stereocenters. The molecule has 0 N–H and O–H groups in total. The molecule has 0 aromatic heterocycles. The zero-order valence-electron chi connectivity index (χ0n) is 18.7. The topological polar surface area (TPSA) is 53.1 Å². The number of rotatable bonds is 4. The Bertz CT molecular complexity index is 650. The maximum Gasteiger partial charge on any atom is 0.409 e. The van der Waals surface area contributed by atoms with E-state index in [0.29, 0.717) is 41.8 Å². The molecule has 3 heterocycles. The fourth-order valence-electron chi connectivity index (χ4n) is 6.95. The summed E-state index contributed by atoms with van der Waals surface area (Å²) in [7, 11) is 0. The maximum atomic E-state index is 12.8. The van der Waals surface area contributed by atoms with Gasteiger partial charge in [-0.2, -0.15) is 0 Å². The Morgan fingerprint density at radius 3 is 2.40 bits per heavy atom. The van der Waals surface area contributed by atoms with Crippen molar-refractivity contribution in [3.63, 3.8) is 0 Å². The van der Waals surface area contributed by atoms with Gasteiger partial charge < -0.3 is 19.4 Å².